The number of hydrogen-bond donors (Lipinski definition) is 1. The zero-order valence-electron chi connectivity index (χ0n) is 15.0. The maximum atomic E-state index is 12.3. The largest absolute Gasteiger partial charge is 0.493 e. The Morgan fingerprint density at radius 2 is 1.96 bits per heavy atom. The molecule has 7 heteroatoms. The van der Waals surface area contributed by atoms with Crippen molar-refractivity contribution in [2.75, 3.05) is 34.2 Å². The Kier molecular flexibility index (Phi) is 5.90. The quantitative estimate of drug-likeness (QED) is 0.787. The molecule has 1 amide bonds. The highest BCUT2D eigenvalue weighted by atomic mass is 16.7. The van der Waals surface area contributed by atoms with Crippen molar-refractivity contribution in [3.05, 3.63) is 42.0 Å². The van der Waals surface area contributed by atoms with Crippen molar-refractivity contribution in [2.24, 2.45) is 0 Å². The average Bonchev–Trinajstić information content (AvgIpc) is 3.17. The minimum absolute atomic E-state index is 0.184. The lowest BCUT2D eigenvalue weighted by molar-refractivity contribution is 0.0955. The van der Waals surface area contributed by atoms with Crippen molar-refractivity contribution in [1.29, 1.82) is 0 Å². The highest BCUT2D eigenvalue weighted by Crippen LogP contribution is 2.35. The fraction of sp³-hybridized carbons (Fsp3) is 0.250. The van der Waals surface area contributed by atoms with Gasteiger partial charge in [-0.1, -0.05) is 17.9 Å². The van der Waals surface area contributed by atoms with Gasteiger partial charge in [0, 0.05) is 6.07 Å². The topological polar surface area (TPSA) is 75.3 Å². The third kappa shape index (κ3) is 4.36. The predicted octanol–water partition coefficient (Wildman–Crippen LogP) is 2.24. The summed E-state index contributed by atoms with van der Waals surface area (Å²) >= 11 is 0. The van der Waals surface area contributed by atoms with Crippen LogP contribution in [0.3, 0.4) is 0 Å². The molecule has 0 aliphatic carbocycles. The number of para-hydroxylation sites is 1. The highest BCUT2D eigenvalue weighted by Gasteiger charge is 2.15. The van der Waals surface area contributed by atoms with Gasteiger partial charge in [-0.25, -0.2) is 0 Å². The lowest BCUT2D eigenvalue weighted by Gasteiger charge is -2.11. The molecule has 0 aromatic heterocycles. The van der Waals surface area contributed by atoms with E-state index in [2.05, 4.69) is 17.2 Å². The number of methoxy groups -OCH3 is 2. The molecule has 1 aliphatic rings. The Balaban J connectivity index is 1.48. The molecular weight excluding hydrogens is 350 g/mol. The Morgan fingerprint density at radius 1 is 1.11 bits per heavy atom. The summed E-state index contributed by atoms with van der Waals surface area (Å²) in [4.78, 5) is 12.3. The molecule has 0 saturated carbocycles. The van der Waals surface area contributed by atoms with Crippen LogP contribution in [0.5, 0.6) is 28.7 Å². The number of ether oxygens (including phenoxy) is 5. The Labute approximate surface area is 157 Å². The Hall–Kier alpha value is -3.53. The number of carbonyl (C=O) groups is 1. The van der Waals surface area contributed by atoms with Gasteiger partial charge >= 0.3 is 0 Å². The second-order valence-electron chi connectivity index (χ2n) is 5.38. The molecule has 2 aromatic rings. The van der Waals surface area contributed by atoms with Crippen molar-refractivity contribution >= 4 is 5.91 Å². The van der Waals surface area contributed by atoms with Gasteiger partial charge in [0.2, 0.25) is 6.79 Å². The molecule has 0 spiro atoms. The number of fused-ring (bicyclic) bond motifs is 1. The molecule has 7 nitrogen and oxygen atoms in total. The van der Waals surface area contributed by atoms with Crippen molar-refractivity contribution < 1.29 is 28.5 Å². The van der Waals surface area contributed by atoms with E-state index < -0.39 is 0 Å². The summed E-state index contributed by atoms with van der Waals surface area (Å²) in [6.07, 6.45) is 0. The minimum atomic E-state index is -0.295. The van der Waals surface area contributed by atoms with E-state index in [1.807, 2.05) is 0 Å². The van der Waals surface area contributed by atoms with Crippen LogP contribution in [0.25, 0.3) is 0 Å². The van der Waals surface area contributed by atoms with E-state index >= 15 is 0 Å². The number of nitrogens with one attached hydrogen (secondary N) is 1. The van der Waals surface area contributed by atoms with E-state index in [-0.39, 0.29) is 25.9 Å². The normalized spacial score (nSPS) is 11.2. The molecule has 0 saturated heterocycles. The minimum Gasteiger partial charge on any atom is -0.493 e. The first-order chi connectivity index (χ1) is 13.2. The zero-order chi connectivity index (χ0) is 19.1. The van der Waals surface area contributed by atoms with Gasteiger partial charge in [0.1, 0.15) is 12.4 Å². The molecule has 0 atom stereocenters. The summed E-state index contributed by atoms with van der Waals surface area (Å²) in [6, 6.07) is 10.4. The SMILES string of the molecule is COc1cccc(C(=O)NCC#CCOc2ccc3c(c2)OCO3)c1OC. The number of benzene rings is 2. The van der Waals surface area contributed by atoms with Gasteiger partial charge in [0.05, 0.1) is 26.3 Å². The standard InChI is InChI=1S/C20H19NO6/c1-23-17-7-5-6-15(19(17)24-2)20(22)21-10-3-4-11-25-14-8-9-16-18(12-14)27-13-26-16/h5-9,12H,10-11,13H2,1-2H3,(H,21,22). The second kappa shape index (κ2) is 8.72. The summed E-state index contributed by atoms with van der Waals surface area (Å²) in [7, 11) is 3.01. The van der Waals surface area contributed by atoms with E-state index in [0.717, 1.165) is 0 Å². The number of hydrogen-bond acceptors (Lipinski definition) is 6. The first-order valence-electron chi connectivity index (χ1n) is 8.20. The Morgan fingerprint density at radius 3 is 2.78 bits per heavy atom. The van der Waals surface area contributed by atoms with E-state index in [0.29, 0.717) is 34.3 Å². The van der Waals surface area contributed by atoms with Crippen LogP contribution in [-0.4, -0.2) is 40.1 Å². The maximum absolute atomic E-state index is 12.3. The predicted molar refractivity (Wildman–Crippen MR) is 97.7 cm³/mol. The average molecular weight is 369 g/mol. The molecule has 0 radical (unpaired) electrons. The van der Waals surface area contributed by atoms with Crippen molar-refractivity contribution in [2.45, 2.75) is 0 Å². The van der Waals surface area contributed by atoms with Gasteiger partial charge in [-0.2, -0.15) is 0 Å². The van der Waals surface area contributed by atoms with Crippen LogP contribution in [0.1, 0.15) is 10.4 Å². The second-order valence-corrected chi connectivity index (χ2v) is 5.38. The summed E-state index contributed by atoms with van der Waals surface area (Å²) in [6.45, 7) is 0.595. The van der Waals surface area contributed by atoms with E-state index in [9.17, 15) is 4.79 Å². The van der Waals surface area contributed by atoms with Gasteiger partial charge in [0.15, 0.2) is 23.0 Å². The molecule has 1 N–H and O–H groups in total. The molecule has 3 rings (SSSR count). The van der Waals surface area contributed by atoms with Gasteiger partial charge in [-0.05, 0) is 24.3 Å². The molecule has 0 unspecified atom stereocenters. The van der Waals surface area contributed by atoms with E-state index in [1.165, 1.54) is 14.2 Å². The Bertz CT molecular complexity index is 884. The molecule has 1 aliphatic heterocycles. The van der Waals surface area contributed by atoms with Gasteiger partial charge in [0.25, 0.3) is 5.91 Å². The van der Waals surface area contributed by atoms with Crippen LogP contribution in [0.15, 0.2) is 36.4 Å². The molecule has 140 valence electrons. The summed E-state index contributed by atoms with van der Waals surface area (Å²) in [5, 5.41) is 2.72. The first kappa shape index (κ1) is 18.3. The van der Waals surface area contributed by atoms with E-state index in [1.54, 1.807) is 36.4 Å². The number of amides is 1. The first-order valence-corrected chi connectivity index (χ1v) is 8.20. The molecule has 27 heavy (non-hydrogen) atoms. The smallest absolute Gasteiger partial charge is 0.255 e. The maximum Gasteiger partial charge on any atom is 0.255 e. The fourth-order valence-corrected chi connectivity index (χ4v) is 2.49. The van der Waals surface area contributed by atoms with Crippen LogP contribution in [0.2, 0.25) is 0 Å². The van der Waals surface area contributed by atoms with Crippen LogP contribution >= 0.6 is 0 Å². The zero-order valence-corrected chi connectivity index (χ0v) is 15.0. The van der Waals surface area contributed by atoms with Crippen LogP contribution < -0.4 is 29.0 Å². The lowest BCUT2D eigenvalue weighted by Crippen LogP contribution is -2.24. The molecule has 0 fully saturated rings. The lowest BCUT2D eigenvalue weighted by atomic mass is 10.1. The summed E-state index contributed by atoms with van der Waals surface area (Å²) in [5.74, 6) is 8.26. The number of rotatable bonds is 6. The van der Waals surface area contributed by atoms with Crippen LogP contribution in [0, 0.1) is 11.8 Å². The number of carbonyl (C=O) groups excluding carboxylic acids is 1. The summed E-state index contributed by atoms with van der Waals surface area (Å²) in [5.41, 5.74) is 0.384. The third-order valence-corrected chi connectivity index (χ3v) is 3.76. The van der Waals surface area contributed by atoms with Crippen LogP contribution in [-0.2, 0) is 0 Å². The van der Waals surface area contributed by atoms with Crippen molar-refractivity contribution in [1.82, 2.24) is 5.32 Å². The molecule has 0 bridgehead atoms. The van der Waals surface area contributed by atoms with E-state index in [4.69, 9.17) is 23.7 Å². The highest BCUT2D eigenvalue weighted by molar-refractivity contribution is 5.97. The summed E-state index contributed by atoms with van der Waals surface area (Å²) < 4.78 is 26.5. The van der Waals surface area contributed by atoms with Gasteiger partial charge < -0.3 is 29.0 Å². The van der Waals surface area contributed by atoms with Gasteiger partial charge in [-0.3, -0.25) is 4.79 Å². The fourth-order valence-electron chi connectivity index (χ4n) is 2.49. The molecule has 2 aromatic carbocycles. The van der Waals surface area contributed by atoms with Gasteiger partial charge in [-0.15, -0.1) is 0 Å². The monoisotopic (exact) mass is 369 g/mol. The third-order valence-electron chi connectivity index (χ3n) is 3.76. The molecule has 1 heterocycles. The van der Waals surface area contributed by atoms with Crippen molar-refractivity contribution in [3.63, 3.8) is 0 Å². The molecular formula is C20H19NO6. The van der Waals surface area contributed by atoms with Crippen LogP contribution in [0.4, 0.5) is 0 Å². The van der Waals surface area contributed by atoms with Crippen molar-refractivity contribution in [3.8, 4) is 40.6 Å².